The third-order valence-electron chi connectivity index (χ3n) is 3.97. The van der Waals surface area contributed by atoms with Gasteiger partial charge in [-0.25, -0.2) is 4.39 Å². The molecule has 3 rings (SSSR count). The molecule has 6 heteroatoms. The van der Waals surface area contributed by atoms with E-state index in [9.17, 15) is 9.18 Å². The Labute approximate surface area is 121 Å². The lowest BCUT2D eigenvalue weighted by Crippen LogP contribution is -2.48. The number of carbonyl (C=O) groups excluding carboxylic acids is 1. The molecule has 2 aromatic rings. The Morgan fingerprint density at radius 2 is 2.24 bits per heavy atom. The number of fused-ring (bicyclic) bond motifs is 1. The van der Waals surface area contributed by atoms with Gasteiger partial charge in [-0.15, -0.1) is 0 Å². The average Bonchev–Trinajstić information content (AvgIpc) is 2.47. The van der Waals surface area contributed by atoms with Crippen molar-refractivity contribution in [1.29, 1.82) is 0 Å². The molecular weight excluding hydrogens is 271 g/mol. The molecule has 5 nitrogen and oxygen atoms in total. The summed E-state index contributed by atoms with van der Waals surface area (Å²) < 4.78 is 14.5. The molecule has 1 aliphatic heterocycles. The van der Waals surface area contributed by atoms with Crippen LogP contribution in [0.3, 0.4) is 0 Å². The van der Waals surface area contributed by atoms with Gasteiger partial charge in [0.1, 0.15) is 11.7 Å². The van der Waals surface area contributed by atoms with Crippen LogP contribution in [0.2, 0.25) is 0 Å². The number of amides is 1. The molecule has 0 spiro atoms. The van der Waals surface area contributed by atoms with Crippen molar-refractivity contribution >= 4 is 28.2 Å². The molecule has 4 N–H and O–H groups in total. The van der Waals surface area contributed by atoms with Crippen LogP contribution in [0.4, 0.5) is 15.8 Å². The number of pyridine rings is 1. The molecule has 110 valence electrons. The van der Waals surface area contributed by atoms with E-state index in [0.29, 0.717) is 35.2 Å². The number of anilines is 2. The number of halogens is 1. The normalized spacial score (nSPS) is 18.9. The quantitative estimate of drug-likeness (QED) is 0.825. The average molecular weight is 288 g/mol. The van der Waals surface area contributed by atoms with E-state index in [4.69, 9.17) is 11.5 Å². The van der Waals surface area contributed by atoms with Crippen molar-refractivity contribution < 1.29 is 9.18 Å². The number of benzene rings is 1. The highest BCUT2D eigenvalue weighted by Gasteiger charge is 2.30. The van der Waals surface area contributed by atoms with Crippen LogP contribution in [0.1, 0.15) is 19.3 Å². The number of piperidine rings is 1. The lowest BCUT2D eigenvalue weighted by molar-refractivity contribution is -0.119. The summed E-state index contributed by atoms with van der Waals surface area (Å²) in [5, 5.41) is 0.683. The molecule has 1 fully saturated rings. The molecule has 0 bridgehead atoms. The zero-order valence-electron chi connectivity index (χ0n) is 11.6. The number of hydrogen-bond acceptors (Lipinski definition) is 4. The van der Waals surface area contributed by atoms with Gasteiger partial charge in [0, 0.05) is 23.8 Å². The minimum absolute atomic E-state index is 0.323. The van der Waals surface area contributed by atoms with E-state index in [2.05, 4.69) is 4.98 Å². The fraction of sp³-hybridized carbons (Fsp3) is 0.333. The Bertz CT molecular complexity index is 703. The van der Waals surface area contributed by atoms with Crippen LogP contribution in [-0.2, 0) is 4.79 Å². The van der Waals surface area contributed by atoms with E-state index in [1.165, 1.54) is 6.07 Å². The van der Waals surface area contributed by atoms with Crippen molar-refractivity contribution in [1.82, 2.24) is 4.98 Å². The lowest BCUT2D eigenvalue weighted by Gasteiger charge is -2.36. The summed E-state index contributed by atoms with van der Waals surface area (Å²) in [7, 11) is 0. The number of rotatable bonds is 2. The molecule has 21 heavy (non-hydrogen) atoms. The van der Waals surface area contributed by atoms with E-state index in [1.54, 1.807) is 23.2 Å². The van der Waals surface area contributed by atoms with E-state index in [1.807, 2.05) is 0 Å². The number of carbonyl (C=O) groups is 1. The zero-order chi connectivity index (χ0) is 15.0. The largest absolute Gasteiger partial charge is 0.398 e. The van der Waals surface area contributed by atoms with Crippen LogP contribution in [0.5, 0.6) is 0 Å². The molecule has 0 aliphatic carbocycles. The molecule has 1 amide bonds. The van der Waals surface area contributed by atoms with Gasteiger partial charge in [0.2, 0.25) is 5.91 Å². The predicted octanol–water partition coefficient (Wildman–Crippen LogP) is 1.80. The maximum Gasteiger partial charge on any atom is 0.240 e. The summed E-state index contributed by atoms with van der Waals surface area (Å²) in [5.41, 5.74) is 12.5. The molecule has 0 radical (unpaired) electrons. The predicted molar refractivity (Wildman–Crippen MR) is 80.3 cm³/mol. The second kappa shape index (κ2) is 5.20. The maximum atomic E-state index is 14.5. The van der Waals surface area contributed by atoms with Gasteiger partial charge in [-0.3, -0.25) is 9.78 Å². The summed E-state index contributed by atoms with van der Waals surface area (Å²) in [5.74, 6) is -0.901. The summed E-state index contributed by atoms with van der Waals surface area (Å²) in [6.07, 6.45) is 4.02. The zero-order valence-corrected chi connectivity index (χ0v) is 11.6. The van der Waals surface area contributed by atoms with Gasteiger partial charge in [0.05, 0.1) is 5.52 Å². The molecular formula is C15H17FN4O. The van der Waals surface area contributed by atoms with Crippen LogP contribution in [0, 0.1) is 5.82 Å². The molecule has 1 unspecified atom stereocenters. The first-order valence-corrected chi connectivity index (χ1v) is 6.98. The van der Waals surface area contributed by atoms with E-state index >= 15 is 0 Å². The first-order valence-electron chi connectivity index (χ1n) is 6.98. The second-order valence-electron chi connectivity index (χ2n) is 5.30. The van der Waals surface area contributed by atoms with Crippen molar-refractivity contribution in [2.45, 2.75) is 25.3 Å². The molecule has 1 aromatic heterocycles. The van der Waals surface area contributed by atoms with Crippen molar-refractivity contribution in [2.75, 3.05) is 17.2 Å². The van der Waals surface area contributed by atoms with Crippen molar-refractivity contribution in [3.05, 3.63) is 30.2 Å². The number of nitrogens with two attached hydrogens (primary N) is 2. The van der Waals surface area contributed by atoms with Gasteiger partial charge in [-0.1, -0.05) is 0 Å². The van der Waals surface area contributed by atoms with Gasteiger partial charge >= 0.3 is 0 Å². The van der Waals surface area contributed by atoms with E-state index in [-0.39, 0.29) is 0 Å². The third kappa shape index (κ3) is 2.26. The van der Waals surface area contributed by atoms with Crippen molar-refractivity contribution in [3.8, 4) is 0 Å². The van der Waals surface area contributed by atoms with Gasteiger partial charge in [-0.2, -0.15) is 0 Å². The first-order chi connectivity index (χ1) is 10.1. The van der Waals surface area contributed by atoms with Gasteiger partial charge < -0.3 is 16.4 Å². The standard InChI is InChI=1S/C15H17FN4O/c16-10-8-11(17)9-4-3-6-19-13(9)14(10)20-7-2-1-5-12(20)15(18)21/h3-4,6,8,12H,1-2,5,7,17H2,(H2,18,21). The maximum absolute atomic E-state index is 14.5. The molecule has 1 saturated heterocycles. The van der Waals surface area contributed by atoms with Gasteiger partial charge in [0.25, 0.3) is 0 Å². The molecule has 1 aromatic carbocycles. The van der Waals surface area contributed by atoms with Crippen molar-refractivity contribution in [3.63, 3.8) is 0 Å². The minimum Gasteiger partial charge on any atom is -0.398 e. The molecule has 1 aliphatic rings. The molecule has 1 atom stereocenters. The SMILES string of the molecule is NC(=O)C1CCCCN1c1c(F)cc(N)c2cccnc12. The Kier molecular flexibility index (Phi) is 3.37. The summed E-state index contributed by atoms with van der Waals surface area (Å²) in [6.45, 7) is 0.583. The summed E-state index contributed by atoms with van der Waals surface area (Å²) >= 11 is 0. The Morgan fingerprint density at radius 1 is 1.43 bits per heavy atom. The fourth-order valence-corrected chi connectivity index (χ4v) is 2.99. The smallest absolute Gasteiger partial charge is 0.240 e. The summed E-state index contributed by atoms with van der Waals surface area (Å²) in [6, 6.07) is 4.33. The van der Waals surface area contributed by atoms with Crippen LogP contribution >= 0.6 is 0 Å². The van der Waals surface area contributed by atoms with Gasteiger partial charge in [0.15, 0.2) is 5.82 Å². The molecule has 0 saturated carbocycles. The van der Waals surface area contributed by atoms with Crippen LogP contribution in [0.25, 0.3) is 10.9 Å². The van der Waals surface area contributed by atoms with E-state index < -0.39 is 17.8 Å². The minimum atomic E-state index is -0.498. The Morgan fingerprint density at radius 3 is 3.00 bits per heavy atom. The van der Waals surface area contributed by atoms with E-state index in [0.717, 1.165) is 12.8 Å². The van der Waals surface area contributed by atoms with Crippen LogP contribution < -0.4 is 16.4 Å². The molecule has 2 heterocycles. The van der Waals surface area contributed by atoms with Crippen LogP contribution in [0.15, 0.2) is 24.4 Å². The second-order valence-corrected chi connectivity index (χ2v) is 5.30. The first kappa shape index (κ1) is 13.6. The Hall–Kier alpha value is -2.37. The topological polar surface area (TPSA) is 85.2 Å². The Balaban J connectivity index is 2.21. The number of nitrogens with zero attached hydrogens (tertiary/aromatic N) is 2. The fourth-order valence-electron chi connectivity index (χ4n) is 2.99. The number of hydrogen-bond donors (Lipinski definition) is 2. The summed E-state index contributed by atoms with van der Waals surface area (Å²) in [4.78, 5) is 17.7. The van der Waals surface area contributed by atoms with Crippen LogP contribution in [-0.4, -0.2) is 23.5 Å². The number of aromatic nitrogens is 1. The highest BCUT2D eigenvalue weighted by molar-refractivity contribution is 6.00. The van der Waals surface area contributed by atoms with Crippen molar-refractivity contribution in [2.24, 2.45) is 5.73 Å². The monoisotopic (exact) mass is 288 g/mol. The number of primary amides is 1. The highest BCUT2D eigenvalue weighted by Crippen LogP contribution is 2.35. The van der Waals surface area contributed by atoms with Gasteiger partial charge in [-0.05, 0) is 37.5 Å². The third-order valence-corrected chi connectivity index (χ3v) is 3.97. The lowest BCUT2D eigenvalue weighted by atomic mass is 9.99. The number of nitrogen functional groups attached to an aromatic ring is 1. The highest BCUT2D eigenvalue weighted by atomic mass is 19.1.